The summed E-state index contributed by atoms with van der Waals surface area (Å²) in [5, 5.41) is 4.72. The van der Waals surface area contributed by atoms with E-state index in [4.69, 9.17) is 9.84 Å². The fraction of sp³-hybridized carbons (Fsp3) is 0.619. The van der Waals surface area contributed by atoms with Crippen molar-refractivity contribution in [3.05, 3.63) is 29.3 Å². The maximum atomic E-state index is 12.6. The number of carbonyl (C=O) groups excluding carboxylic acids is 1. The van der Waals surface area contributed by atoms with Gasteiger partial charge in [-0.15, -0.1) is 0 Å². The molecule has 2 aromatic rings. The summed E-state index contributed by atoms with van der Waals surface area (Å²) in [6, 6.07) is 1.98. The molecule has 0 spiro atoms. The summed E-state index contributed by atoms with van der Waals surface area (Å²) in [5.74, 6) is 1.91. The average molecular weight is 399 g/mol. The Morgan fingerprint density at radius 2 is 1.76 bits per heavy atom. The lowest BCUT2D eigenvalue weighted by molar-refractivity contribution is -0.132. The van der Waals surface area contributed by atoms with Crippen molar-refractivity contribution < 1.29 is 9.53 Å². The molecule has 156 valence electrons. The fourth-order valence-electron chi connectivity index (χ4n) is 4.21. The van der Waals surface area contributed by atoms with Crippen LogP contribution in [0.15, 0.2) is 12.4 Å². The third-order valence-electron chi connectivity index (χ3n) is 5.93. The number of hydrogen-bond acceptors (Lipinski definition) is 6. The summed E-state index contributed by atoms with van der Waals surface area (Å²) in [7, 11) is 0. The van der Waals surface area contributed by atoms with Crippen LogP contribution >= 0.6 is 0 Å². The number of piperidine rings is 1. The van der Waals surface area contributed by atoms with Crippen molar-refractivity contribution in [2.45, 2.75) is 46.0 Å². The van der Waals surface area contributed by atoms with Crippen LogP contribution in [0.3, 0.4) is 0 Å². The molecule has 4 heterocycles. The third-order valence-corrected chi connectivity index (χ3v) is 5.93. The highest BCUT2D eigenvalue weighted by molar-refractivity contribution is 5.76. The van der Waals surface area contributed by atoms with E-state index in [0.29, 0.717) is 26.1 Å². The van der Waals surface area contributed by atoms with Crippen molar-refractivity contribution in [1.82, 2.24) is 24.6 Å². The van der Waals surface area contributed by atoms with Crippen molar-refractivity contribution in [2.75, 3.05) is 44.3 Å². The van der Waals surface area contributed by atoms with Crippen LogP contribution in [0.4, 0.5) is 5.82 Å². The molecule has 2 aliphatic heterocycles. The van der Waals surface area contributed by atoms with E-state index in [1.807, 2.05) is 22.6 Å². The Labute approximate surface area is 171 Å². The van der Waals surface area contributed by atoms with Crippen LogP contribution in [0.1, 0.15) is 42.6 Å². The number of nitrogens with zero attached hydrogens (tertiary/aromatic N) is 6. The summed E-state index contributed by atoms with van der Waals surface area (Å²) >= 11 is 0. The molecule has 0 N–H and O–H groups in total. The second-order valence-corrected chi connectivity index (χ2v) is 7.84. The highest BCUT2D eigenvalue weighted by Gasteiger charge is 2.20. The lowest BCUT2D eigenvalue weighted by atomic mass is 10.1. The van der Waals surface area contributed by atoms with E-state index in [1.54, 1.807) is 6.33 Å². The summed E-state index contributed by atoms with van der Waals surface area (Å²) in [4.78, 5) is 25.6. The number of amides is 1. The molecule has 2 aromatic heterocycles. The largest absolute Gasteiger partial charge is 0.378 e. The molecule has 8 nitrogen and oxygen atoms in total. The summed E-state index contributed by atoms with van der Waals surface area (Å²) in [5.41, 5.74) is 3.14. The van der Waals surface area contributed by atoms with Gasteiger partial charge >= 0.3 is 0 Å². The summed E-state index contributed by atoms with van der Waals surface area (Å²) in [6.45, 7) is 8.96. The molecular formula is C21H30N6O2. The molecule has 2 saturated heterocycles. The topological polar surface area (TPSA) is 76.4 Å². The Bertz CT molecular complexity index is 853. The number of rotatable bonds is 5. The number of carbonyl (C=O) groups is 1. The maximum absolute atomic E-state index is 12.6. The van der Waals surface area contributed by atoms with E-state index in [9.17, 15) is 4.79 Å². The maximum Gasteiger partial charge on any atom is 0.222 e. The molecule has 0 aromatic carbocycles. The Balaban J connectivity index is 1.49. The van der Waals surface area contributed by atoms with Crippen LogP contribution < -0.4 is 4.90 Å². The number of aromatic nitrogens is 4. The standard InChI is InChI=1S/C21H30N6O2/c1-16-18(6-7-21(28)26-8-4-3-5-9-26)17(2)27(24-16)20-14-19(22-15-23-20)25-10-12-29-13-11-25/h14-15H,3-13H2,1-2H3. The second-order valence-electron chi connectivity index (χ2n) is 7.84. The first-order valence-electron chi connectivity index (χ1n) is 10.6. The van der Waals surface area contributed by atoms with Crippen molar-refractivity contribution in [3.8, 4) is 5.82 Å². The molecule has 1 amide bonds. The molecule has 2 fully saturated rings. The van der Waals surface area contributed by atoms with Crippen LogP contribution in [-0.2, 0) is 16.0 Å². The zero-order valence-electron chi connectivity index (χ0n) is 17.4. The predicted octanol–water partition coefficient (Wildman–Crippen LogP) is 2.06. The lowest BCUT2D eigenvalue weighted by Crippen LogP contribution is -2.36. The first-order valence-corrected chi connectivity index (χ1v) is 10.6. The molecule has 8 heteroatoms. The smallest absolute Gasteiger partial charge is 0.222 e. The van der Waals surface area contributed by atoms with Gasteiger partial charge in [0.15, 0.2) is 5.82 Å². The normalized spacial score (nSPS) is 17.6. The van der Waals surface area contributed by atoms with Gasteiger partial charge in [-0.1, -0.05) is 0 Å². The minimum atomic E-state index is 0.257. The number of ether oxygens (including phenoxy) is 1. The Morgan fingerprint density at radius 1 is 1.03 bits per heavy atom. The molecule has 29 heavy (non-hydrogen) atoms. The predicted molar refractivity (Wildman–Crippen MR) is 110 cm³/mol. The van der Waals surface area contributed by atoms with Gasteiger partial charge in [0.2, 0.25) is 5.91 Å². The first kappa shape index (κ1) is 19.8. The van der Waals surface area contributed by atoms with Gasteiger partial charge in [0, 0.05) is 44.4 Å². The minimum absolute atomic E-state index is 0.257. The molecule has 0 bridgehead atoms. The minimum Gasteiger partial charge on any atom is -0.378 e. The van der Waals surface area contributed by atoms with E-state index in [0.717, 1.165) is 67.6 Å². The lowest BCUT2D eigenvalue weighted by Gasteiger charge is -2.27. The van der Waals surface area contributed by atoms with Gasteiger partial charge in [-0.2, -0.15) is 5.10 Å². The first-order chi connectivity index (χ1) is 14.1. The fourth-order valence-corrected chi connectivity index (χ4v) is 4.21. The third kappa shape index (κ3) is 4.42. The van der Waals surface area contributed by atoms with Crippen molar-refractivity contribution in [3.63, 3.8) is 0 Å². The Kier molecular flexibility index (Phi) is 6.08. The molecule has 0 radical (unpaired) electrons. The number of anilines is 1. The highest BCUT2D eigenvalue weighted by Crippen LogP contribution is 2.21. The van der Waals surface area contributed by atoms with Gasteiger partial charge in [0.25, 0.3) is 0 Å². The molecular weight excluding hydrogens is 368 g/mol. The van der Waals surface area contributed by atoms with E-state index < -0.39 is 0 Å². The molecule has 0 saturated carbocycles. The van der Waals surface area contributed by atoms with Gasteiger partial charge < -0.3 is 14.5 Å². The van der Waals surface area contributed by atoms with Gasteiger partial charge in [-0.3, -0.25) is 4.79 Å². The molecule has 0 aliphatic carbocycles. The van der Waals surface area contributed by atoms with Gasteiger partial charge in [0.05, 0.1) is 18.9 Å². The number of likely N-dealkylation sites (tertiary alicyclic amines) is 1. The van der Waals surface area contributed by atoms with Crippen LogP contribution in [0.2, 0.25) is 0 Å². The SMILES string of the molecule is Cc1nn(-c2cc(N3CCOCC3)ncn2)c(C)c1CCC(=O)N1CCCCC1. The number of morpholine rings is 1. The molecule has 0 atom stereocenters. The van der Waals surface area contributed by atoms with E-state index >= 15 is 0 Å². The van der Waals surface area contributed by atoms with Gasteiger partial charge in [-0.05, 0) is 45.1 Å². The second kappa shape index (κ2) is 8.90. The average Bonchev–Trinajstić information content (AvgIpc) is 3.06. The van der Waals surface area contributed by atoms with Crippen LogP contribution in [-0.4, -0.2) is 69.9 Å². The van der Waals surface area contributed by atoms with Crippen molar-refractivity contribution in [2.24, 2.45) is 0 Å². The Hall–Kier alpha value is -2.48. The molecule has 4 rings (SSSR count). The highest BCUT2D eigenvalue weighted by atomic mass is 16.5. The number of aryl methyl sites for hydroxylation is 1. The van der Waals surface area contributed by atoms with Gasteiger partial charge in [-0.25, -0.2) is 14.6 Å². The van der Waals surface area contributed by atoms with Crippen LogP contribution in [0, 0.1) is 13.8 Å². The summed E-state index contributed by atoms with van der Waals surface area (Å²) in [6.07, 6.45) is 6.34. The van der Waals surface area contributed by atoms with Crippen LogP contribution in [0.5, 0.6) is 0 Å². The van der Waals surface area contributed by atoms with Crippen molar-refractivity contribution >= 4 is 11.7 Å². The zero-order chi connectivity index (χ0) is 20.2. The number of hydrogen-bond donors (Lipinski definition) is 0. The van der Waals surface area contributed by atoms with E-state index in [-0.39, 0.29) is 5.91 Å². The van der Waals surface area contributed by atoms with Gasteiger partial charge in [0.1, 0.15) is 12.1 Å². The van der Waals surface area contributed by atoms with Crippen molar-refractivity contribution in [1.29, 1.82) is 0 Å². The van der Waals surface area contributed by atoms with Crippen LogP contribution in [0.25, 0.3) is 5.82 Å². The Morgan fingerprint density at radius 3 is 2.52 bits per heavy atom. The summed E-state index contributed by atoms with van der Waals surface area (Å²) < 4.78 is 7.31. The van der Waals surface area contributed by atoms with E-state index in [1.165, 1.54) is 6.42 Å². The monoisotopic (exact) mass is 398 g/mol. The zero-order valence-corrected chi connectivity index (χ0v) is 17.4. The molecule has 0 unspecified atom stereocenters. The molecule has 2 aliphatic rings. The quantitative estimate of drug-likeness (QED) is 0.767. The van der Waals surface area contributed by atoms with E-state index in [2.05, 4.69) is 21.8 Å².